The Morgan fingerprint density at radius 3 is 1.24 bits per heavy atom. The van der Waals surface area contributed by atoms with Crippen molar-refractivity contribution in [1.82, 2.24) is 0 Å². The fourth-order valence-corrected chi connectivity index (χ4v) is 3.16. The summed E-state index contributed by atoms with van der Waals surface area (Å²) >= 11 is 0. The molecule has 0 aliphatic heterocycles. The zero-order chi connectivity index (χ0) is 31.0. The van der Waals surface area contributed by atoms with Crippen molar-refractivity contribution >= 4 is 23.9 Å². The average molecular weight is 599 g/mol. The van der Waals surface area contributed by atoms with Crippen molar-refractivity contribution < 1.29 is 57.1 Å². The summed E-state index contributed by atoms with van der Waals surface area (Å²) in [5.74, 6) is -3.40. The van der Waals surface area contributed by atoms with Gasteiger partial charge < -0.3 is 37.9 Å². The third-order valence-corrected chi connectivity index (χ3v) is 5.57. The van der Waals surface area contributed by atoms with Crippen molar-refractivity contribution in [1.29, 1.82) is 0 Å². The minimum Gasteiger partial charge on any atom is -0.461 e. The molecule has 0 saturated heterocycles. The van der Waals surface area contributed by atoms with Crippen LogP contribution in [0, 0.1) is 0 Å². The normalized spacial score (nSPS) is 12.3. The first kappa shape index (κ1) is 37.0. The lowest BCUT2D eigenvalue weighted by atomic mass is 10.1. The first-order valence-corrected chi connectivity index (χ1v) is 14.5. The second kappa shape index (κ2) is 23.5. The van der Waals surface area contributed by atoms with Crippen molar-refractivity contribution in [2.75, 3.05) is 66.1 Å². The number of esters is 4. The maximum Gasteiger partial charge on any atom is 0.347 e. The van der Waals surface area contributed by atoms with Crippen LogP contribution in [-0.4, -0.2) is 102 Å². The molecule has 0 aliphatic carbocycles. The molecule has 1 aromatic carbocycles. The third kappa shape index (κ3) is 16.4. The minimum atomic E-state index is -1.24. The van der Waals surface area contributed by atoms with Crippen molar-refractivity contribution in [3.05, 3.63) is 35.4 Å². The van der Waals surface area contributed by atoms with Gasteiger partial charge in [-0.1, -0.05) is 38.8 Å². The zero-order valence-corrected chi connectivity index (χ0v) is 25.3. The molecule has 2 unspecified atom stereocenters. The van der Waals surface area contributed by atoms with Crippen LogP contribution in [0.5, 0.6) is 0 Å². The van der Waals surface area contributed by atoms with E-state index in [9.17, 15) is 19.2 Å². The number of rotatable bonds is 24. The molecule has 0 amide bonds. The monoisotopic (exact) mass is 598 g/mol. The molecule has 42 heavy (non-hydrogen) atoms. The SMILES string of the molecule is CCCCOCCOCCOC(=O)C(C)OC(=O)c1ccccc1C(=O)OC(C)C(=O)OCCOCCOCCCC. The van der Waals surface area contributed by atoms with E-state index in [0.717, 1.165) is 25.7 Å². The predicted octanol–water partition coefficient (Wildman–Crippen LogP) is 3.53. The molecule has 1 rings (SSSR count). The Bertz CT molecular complexity index is 846. The summed E-state index contributed by atoms with van der Waals surface area (Å²) in [7, 11) is 0. The van der Waals surface area contributed by atoms with E-state index in [-0.39, 0.29) is 37.6 Å². The summed E-state index contributed by atoms with van der Waals surface area (Å²) < 4.78 is 41.9. The lowest BCUT2D eigenvalue weighted by molar-refractivity contribution is -0.155. The van der Waals surface area contributed by atoms with E-state index in [1.165, 1.54) is 38.1 Å². The predicted molar refractivity (Wildman–Crippen MR) is 151 cm³/mol. The van der Waals surface area contributed by atoms with Gasteiger partial charge in [-0.3, -0.25) is 0 Å². The van der Waals surface area contributed by atoms with Crippen molar-refractivity contribution in [3.63, 3.8) is 0 Å². The van der Waals surface area contributed by atoms with E-state index in [1.807, 2.05) is 0 Å². The smallest absolute Gasteiger partial charge is 0.347 e. The Morgan fingerprint density at radius 1 is 0.548 bits per heavy atom. The molecule has 0 spiro atoms. The topological polar surface area (TPSA) is 142 Å². The molecule has 0 aromatic heterocycles. The number of carbonyl (C=O) groups excluding carboxylic acids is 4. The van der Waals surface area contributed by atoms with Gasteiger partial charge in [-0.2, -0.15) is 0 Å². The van der Waals surface area contributed by atoms with E-state index in [1.54, 1.807) is 0 Å². The third-order valence-electron chi connectivity index (χ3n) is 5.57. The van der Waals surface area contributed by atoms with E-state index >= 15 is 0 Å². The van der Waals surface area contributed by atoms with Gasteiger partial charge in [0.1, 0.15) is 13.2 Å². The van der Waals surface area contributed by atoms with Crippen LogP contribution < -0.4 is 0 Å². The summed E-state index contributed by atoms with van der Waals surface area (Å²) in [6.45, 7) is 10.2. The Morgan fingerprint density at radius 2 is 0.881 bits per heavy atom. The maximum atomic E-state index is 12.7. The number of hydrogen-bond acceptors (Lipinski definition) is 12. The Hall–Kier alpha value is -3.06. The van der Waals surface area contributed by atoms with Crippen molar-refractivity contribution in [2.45, 2.75) is 65.6 Å². The molecule has 12 heteroatoms. The van der Waals surface area contributed by atoms with Crippen LogP contribution >= 0.6 is 0 Å². The lowest BCUT2D eigenvalue weighted by Gasteiger charge is -2.16. The molecule has 1 aromatic rings. The average Bonchev–Trinajstić information content (AvgIpc) is 2.98. The highest BCUT2D eigenvalue weighted by Crippen LogP contribution is 2.15. The quantitative estimate of drug-likeness (QED) is 0.0976. The van der Waals surface area contributed by atoms with Gasteiger partial charge in [-0.05, 0) is 38.8 Å². The Labute approximate surface area is 248 Å². The number of unbranched alkanes of at least 4 members (excludes halogenated alkanes) is 2. The minimum absolute atomic E-state index is 0.0217. The summed E-state index contributed by atoms with van der Waals surface area (Å²) in [4.78, 5) is 49.9. The van der Waals surface area contributed by atoms with Crippen LogP contribution in [0.4, 0.5) is 0 Å². The fourth-order valence-electron chi connectivity index (χ4n) is 3.16. The molecule has 238 valence electrons. The molecule has 0 N–H and O–H groups in total. The fraction of sp³-hybridized carbons (Fsp3) is 0.667. The van der Waals surface area contributed by atoms with Crippen molar-refractivity contribution in [3.8, 4) is 0 Å². The number of carbonyl (C=O) groups is 4. The van der Waals surface area contributed by atoms with Gasteiger partial charge in [0.05, 0.1) is 50.8 Å². The molecule has 12 nitrogen and oxygen atoms in total. The standard InChI is InChI=1S/C30H46O12/c1-5-7-13-35-15-17-37-19-21-39-27(31)23(3)41-29(33)25-11-9-10-12-26(25)30(34)42-24(4)28(32)40-22-20-38-18-16-36-14-8-6-2/h9-12,23-24H,5-8,13-22H2,1-4H3. The Balaban J connectivity index is 2.42. The molecule has 0 heterocycles. The van der Waals surface area contributed by atoms with Gasteiger partial charge in [0, 0.05) is 13.2 Å². The van der Waals surface area contributed by atoms with Crippen LogP contribution in [0.2, 0.25) is 0 Å². The van der Waals surface area contributed by atoms with Gasteiger partial charge in [-0.15, -0.1) is 0 Å². The van der Waals surface area contributed by atoms with E-state index < -0.39 is 36.1 Å². The maximum absolute atomic E-state index is 12.7. The van der Waals surface area contributed by atoms with E-state index in [0.29, 0.717) is 39.6 Å². The van der Waals surface area contributed by atoms with Gasteiger partial charge in [0.25, 0.3) is 0 Å². The summed E-state index contributed by atoms with van der Waals surface area (Å²) in [6.07, 6.45) is 1.60. The van der Waals surface area contributed by atoms with Gasteiger partial charge >= 0.3 is 23.9 Å². The second-order valence-electron chi connectivity index (χ2n) is 9.13. The van der Waals surface area contributed by atoms with E-state index in [2.05, 4.69) is 13.8 Å². The first-order valence-electron chi connectivity index (χ1n) is 14.5. The summed E-state index contributed by atoms with van der Waals surface area (Å²) in [5.41, 5.74) is -0.271. The largest absolute Gasteiger partial charge is 0.461 e. The van der Waals surface area contributed by atoms with Crippen LogP contribution in [0.25, 0.3) is 0 Å². The van der Waals surface area contributed by atoms with Crippen LogP contribution in [0.15, 0.2) is 24.3 Å². The molecule has 0 bridgehead atoms. The molecule has 2 atom stereocenters. The van der Waals surface area contributed by atoms with Crippen molar-refractivity contribution in [2.24, 2.45) is 0 Å². The lowest BCUT2D eigenvalue weighted by Crippen LogP contribution is -2.30. The first-order chi connectivity index (χ1) is 20.3. The molecule has 0 saturated carbocycles. The van der Waals surface area contributed by atoms with Gasteiger partial charge in [0.2, 0.25) is 0 Å². The van der Waals surface area contributed by atoms with Gasteiger partial charge in [-0.25, -0.2) is 19.2 Å². The zero-order valence-electron chi connectivity index (χ0n) is 25.3. The molecular formula is C30H46O12. The molecule has 0 fully saturated rings. The number of hydrogen-bond donors (Lipinski definition) is 0. The Kier molecular flexibility index (Phi) is 20.7. The highest BCUT2D eigenvalue weighted by atomic mass is 16.6. The highest BCUT2D eigenvalue weighted by molar-refractivity contribution is 6.04. The molecule has 0 aliphatic rings. The highest BCUT2D eigenvalue weighted by Gasteiger charge is 2.27. The molecular weight excluding hydrogens is 552 g/mol. The number of benzene rings is 1. The summed E-state index contributed by atoms with van der Waals surface area (Å²) in [5, 5.41) is 0. The summed E-state index contributed by atoms with van der Waals surface area (Å²) in [6, 6.07) is 5.73. The number of ether oxygens (including phenoxy) is 8. The van der Waals surface area contributed by atoms with Crippen LogP contribution in [0.3, 0.4) is 0 Å². The second-order valence-corrected chi connectivity index (χ2v) is 9.13. The van der Waals surface area contributed by atoms with Crippen LogP contribution in [0.1, 0.15) is 74.1 Å². The molecule has 0 radical (unpaired) electrons. The van der Waals surface area contributed by atoms with Gasteiger partial charge in [0.15, 0.2) is 12.2 Å². The van der Waals surface area contributed by atoms with E-state index in [4.69, 9.17) is 37.9 Å². The van der Waals surface area contributed by atoms with Crippen LogP contribution in [-0.2, 0) is 47.5 Å².